The quantitative estimate of drug-likeness (QED) is 0.413. The molecule has 1 aromatic rings. The Morgan fingerprint density at radius 1 is 1.11 bits per heavy atom. The smallest absolute Gasteiger partial charge is 0.308 e. The van der Waals surface area contributed by atoms with Crippen molar-refractivity contribution in [3.8, 4) is 11.5 Å². The van der Waals surface area contributed by atoms with Crippen LogP contribution in [0.1, 0.15) is 36.5 Å². The maximum atomic E-state index is 12.4. The van der Waals surface area contributed by atoms with Gasteiger partial charge in [0.25, 0.3) is 0 Å². The number of ether oxygens (including phenoxy) is 2. The molecule has 156 valence electrons. The van der Waals surface area contributed by atoms with Gasteiger partial charge in [-0.05, 0) is 49.9 Å². The molecule has 0 unspecified atom stereocenters. The Hall–Kier alpha value is -2.12. The molecular weight excluding hydrogens is 360 g/mol. The van der Waals surface area contributed by atoms with Gasteiger partial charge < -0.3 is 19.5 Å². The molecule has 1 fully saturated rings. The van der Waals surface area contributed by atoms with E-state index in [1.165, 1.54) is 6.92 Å². The third kappa shape index (κ3) is 5.94. The minimum Gasteiger partial charge on any atom is -0.493 e. The first kappa shape index (κ1) is 22.2. The van der Waals surface area contributed by atoms with Gasteiger partial charge in [-0.3, -0.25) is 14.5 Å². The van der Waals surface area contributed by atoms with Crippen LogP contribution in [-0.2, 0) is 9.59 Å². The lowest BCUT2D eigenvalue weighted by atomic mass is 10.0. The molecule has 7 nitrogen and oxygen atoms in total. The highest BCUT2D eigenvalue weighted by atomic mass is 16.5. The van der Waals surface area contributed by atoms with Gasteiger partial charge >= 0.3 is 5.97 Å². The number of esters is 1. The van der Waals surface area contributed by atoms with Crippen molar-refractivity contribution in [3.63, 3.8) is 0 Å². The van der Waals surface area contributed by atoms with E-state index >= 15 is 0 Å². The summed E-state index contributed by atoms with van der Waals surface area (Å²) in [4.78, 5) is 27.7. The minimum absolute atomic E-state index is 0.154. The summed E-state index contributed by atoms with van der Waals surface area (Å²) in [6.45, 7) is 11.5. The zero-order valence-corrected chi connectivity index (χ0v) is 17.4. The number of aliphatic hydroxyl groups is 1. The third-order valence-corrected chi connectivity index (χ3v) is 5.16. The summed E-state index contributed by atoms with van der Waals surface area (Å²) in [6.07, 6.45) is 1.11. The van der Waals surface area contributed by atoms with E-state index in [1.807, 2.05) is 31.7 Å². The second kappa shape index (κ2) is 10.4. The fourth-order valence-electron chi connectivity index (χ4n) is 3.40. The summed E-state index contributed by atoms with van der Waals surface area (Å²) in [7, 11) is 0. The maximum absolute atomic E-state index is 12.4. The highest BCUT2D eigenvalue weighted by molar-refractivity contribution is 5.76. The zero-order chi connectivity index (χ0) is 20.7. The summed E-state index contributed by atoms with van der Waals surface area (Å²) in [5.74, 6) is 1.17. The summed E-state index contributed by atoms with van der Waals surface area (Å²) >= 11 is 0. The number of piperazine rings is 1. The van der Waals surface area contributed by atoms with Crippen LogP contribution in [0.4, 0.5) is 0 Å². The average molecular weight is 392 g/mol. The number of carbonyl (C=O) groups is 2. The van der Waals surface area contributed by atoms with Crippen molar-refractivity contribution in [2.75, 3.05) is 45.9 Å². The second-order valence-corrected chi connectivity index (χ2v) is 7.26. The van der Waals surface area contributed by atoms with E-state index in [4.69, 9.17) is 14.6 Å². The SMILES string of the molecule is CC(=O)Oc1c(C)cc(OCCCC(=O)N2CCN(CCO)CC2)c(C)c1C. The Kier molecular flexibility index (Phi) is 8.26. The van der Waals surface area contributed by atoms with Gasteiger partial charge in [0.05, 0.1) is 13.2 Å². The van der Waals surface area contributed by atoms with Gasteiger partial charge in [-0.25, -0.2) is 0 Å². The molecule has 0 aromatic heterocycles. The van der Waals surface area contributed by atoms with Crippen molar-refractivity contribution in [2.24, 2.45) is 0 Å². The van der Waals surface area contributed by atoms with Gasteiger partial charge in [0.2, 0.25) is 5.91 Å². The van der Waals surface area contributed by atoms with Crippen LogP contribution in [-0.4, -0.2) is 72.7 Å². The number of amides is 1. The van der Waals surface area contributed by atoms with E-state index in [0.717, 1.165) is 48.6 Å². The lowest BCUT2D eigenvalue weighted by molar-refractivity contribution is -0.133. The van der Waals surface area contributed by atoms with Gasteiger partial charge in [-0.1, -0.05) is 0 Å². The molecule has 0 bridgehead atoms. The third-order valence-electron chi connectivity index (χ3n) is 5.16. The van der Waals surface area contributed by atoms with Crippen LogP contribution in [0, 0.1) is 20.8 Å². The molecule has 0 atom stereocenters. The first-order valence-electron chi connectivity index (χ1n) is 9.86. The molecule has 1 aromatic carbocycles. The van der Waals surface area contributed by atoms with Crippen LogP contribution in [0.15, 0.2) is 6.07 Å². The van der Waals surface area contributed by atoms with E-state index in [9.17, 15) is 9.59 Å². The van der Waals surface area contributed by atoms with Crippen LogP contribution in [0.3, 0.4) is 0 Å². The molecule has 1 N–H and O–H groups in total. The number of nitrogens with zero attached hydrogens (tertiary/aromatic N) is 2. The number of carbonyl (C=O) groups excluding carboxylic acids is 2. The first-order valence-corrected chi connectivity index (χ1v) is 9.86. The van der Waals surface area contributed by atoms with E-state index in [2.05, 4.69) is 4.90 Å². The van der Waals surface area contributed by atoms with Crippen molar-refractivity contribution < 1.29 is 24.2 Å². The van der Waals surface area contributed by atoms with Crippen LogP contribution in [0.5, 0.6) is 11.5 Å². The highest BCUT2D eigenvalue weighted by Gasteiger charge is 2.20. The highest BCUT2D eigenvalue weighted by Crippen LogP contribution is 2.33. The molecule has 2 rings (SSSR count). The normalized spacial score (nSPS) is 14.8. The zero-order valence-electron chi connectivity index (χ0n) is 17.4. The molecule has 1 aliphatic rings. The van der Waals surface area contributed by atoms with E-state index < -0.39 is 0 Å². The van der Waals surface area contributed by atoms with Gasteiger partial charge in [0.1, 0.15) is 11.5 Å². The van der Waals surface area contributed by atoms with Gasteiger partial charge in [0.15, 0.2) is 0 Å². The lowest BCUT2D eigenvalue weighted by Crippen LogP contribution is -2.49. The van der Waals surface area contributed by atoms with E-state index in [-0.39, 0.29) is 18.5 Å². The summed E-state index contributed by atoms with van der Waals surface area (Å²) in [6, 6.07) is 1.88. The second-order valence-electron chi connectivity index (χ2n) is 7.26. The molecule has 1 aliphatic heterocycles. The largest absolute Gasteiger partial charge is 0.493 e. The fourth-order valence-corrected chi connectivity index (χ4v) is 3.40. The Morgan fingerprint density at radius 2 is 1.79 bits per heavy atom. The Balaban J connectivity index is 1.80. The number of benzene rings is 1. The number of rotatable bonds is 8. The van der Waals surface area contributed by atoms with Crippen LogP contribution >= 0.6 is 0 Å². The van der Waals surface area contributed by atoms with Gasteiger partial charge in [0, 0.05) is 46.1 Å². The molecule has 0 spiro atoms. The minimum atomic E-state index is -0.338. The molecule has 0 radical (unpaired) electrons. The summed E-state index contributed by atoms with van der Waals surface area (Å²) in [5.41, 5.74) is 2.68. The van der Waals surface area contributed by atoms with Crippen LogP contribution in [0.2, 0.25) is 0 Å². The molecule has 7 heteroatoms. The Bertz CT molecular complexity index is 697. The predicted molar refractivity (Wildman–Crippen MR) is 107 cm³/mol. The van der Waals surface area contributed by atoms with Crippen molar-refractivity contribution in [3.05, 3.63) is 22.8 Å². The monoisotopic (exact) mass is 392 g/mol. The van der Waals surface area contributed by atoms with Crippen molar-refractivity contribution >= 4 is 11.9 Å². The molecule has 28 heavy (non-hydrogen) atoms. The van der Waals surface area contributed by atoms with Gasteiger partial charge in [-0.15, -0.1) is 0 Å². The number of aryl methyl sites for hydroxylation is 1. The topological polar surface area (TPSA) is 79.3 Å². The Morgan fingerprint density at radius 3 is 2.39 bits per heavy atom. The Labute approximate surface area is 167 Å². The van der Waals surface area contributed by atoms with Crippen molar-refractivity contribution in [1.29, 1.82) is 0 Å². The summed E-state index contributed by atoms with van der Waals surface area (Å²) in [5, 5.41) is 8.98. The fraction of sp³-hybridized carbons (Fsp3) is 0.619. The number of β-amino-alcohol motifs (C(OH)–C–C–N with tert-alkyl or cyclic N) is 1. The van der Waals surface area contributed by atoms with E-state index in [1.54, 1.807) is 0 Å². The first-order chi connectivity index (χ1) is 13.3. The van der Waals surface area contributed by atoms with E-state index in [0.29, 0.717) is 31.7 Å². The summed E-state index contributed by atoms with van der Waals surface area (Å²) < 4.78 is 11.2. The van der Waals surface area contributed by atoms with Crippen molar-refractivity contribution in [2.45, 2.75) is 40.5 Å². The number of aliphatic hydroxyl groups excluding tert-OH is 1. The molecule has 0 aliphatic carbocycles. The maximum Gasteiger partial charge on any atom is 0.308 e. The molecule has 1 heterocycles. The van der Waals surface area contributed by atoms with Crippen LogP contribution in [0.25, 0.3) is 0 Å². The standard InChI is InChI=1S/C21H32N2O5/c1-15-14-19(16(2)17(3)21(15)28-18(4)25)27-13-5-6-20(26)23-9-7-22(8-10-23)11-12-24/h14,24H,5-13H2,1-4H3. The number of hydrogen-bond acceptors (Lipinski definition) is 6. The van der Waals surface area contributed by atoms with Crippen LogP contribution < -0.4 is 9.47 Å². The molecule has 1 saturated heterocycles. The molecule has 0 saturated carbocycles. The number of hydrogen-bond donors (Lipinski definition) is 1. The van der Waals surface area contributed by atoms with Gasteiger partial charge in [-0.2, -0.15) is 0 Å². The average Bonchev–Trinajstić information content (AvgIpc) is 2.66. The molecule has 1 amide bonds. The van der Waals surface area contributed by atoms with Crippen molar-refractivity contribution in [1.82, 2.24) is 9.80 Å². The lowest BCUT2D eigenvalue weighted by Gasteiger charge is -2.34. The molecular formula is C21H32N2O5. The predicted octanol–water partition coefficient (Wildman–Crippen LogP) is 1.83.